The summed E-state index contributed by atoms with van der Waals surface area (Å²) in [5.41, 5.74) is 2.59. The molecule has 3 rings (SSSR count). The molecule has 1 N–H and O–H groups in total. The number of piperidine rings is 1. The predicted molar refractivity (Wildman–Crippen MR) is 102 cm³/mol. The minimum Gasteiger partial charge on any atom is -0.348 e. The lowest BCUT2D eigenvalue weighted by Gasteiger charge is -2.39. The van der Waals surface area contributed by atoms with Gasteiger partial charge < -0.3 is 10.2 Å². The van der Waals surface area contributed by atoms with Crippen LogP contribution < -0.4 is 5.32 Å². The molecule has 2 aliphatic rings. The van der Waals surface area contributed by atoms with Crippen LogP contribution >= 0.6 is 0 Å². The Kier molecular flexibility index (Phi) is 5.42. The zero-order valence-corrected chi connectivity index (χ0v) is 16.7. The Morgan fingerprint density at radius 3 is 2.54 bits per heavy atom. The van der Waals surface area contributed by atoms with Crippen molar-refractivity contribution >= 4 is 15.9 Å². The van der Waals surface area contributed by atoms with E-state index in [4.69, 9.17) is 0 Å². The van der Waals surface area contributed by atoms with Gasteiger partial charge in [-0.2, -0.15) is 0 Å². The average molecular weight is 380 g/mol. The van der Waals surface area contributed by atoms with Crippen molar-refractivity contribution in [3.8, 4) is 0 Å². The highest BCUT2D eigenvalue weighted by molar-refractivity contribution is 7.89. The fourth-order valence-corrected chi connectivity index (χ4v) is 5.40. The molecule has 0 radical (unpaired) electrons. The van der Waals surface area contributed by atoms with Gasteiger partial charge in [0.2, 0.25) is 15.9 Å². The molecule has 1 fully saturated rings. The maximum Gasteiger partial charge on any atom is 0.236 e. The van der Waals surface area contributed by atoms with Gasteiger partial charge in [-0.25, -0.2) is 12.7 Å². The minimum atomic E-state index is -3.12. The first-order valence-corrected chi connectivity index (χ1v) is 10.9. The van der Waals surface area contributed by atoms with Crippen LogP contribution in [0.4, 0.5) is 0 Å². The number of nitrogens with one attached hydrogen (secondary N) is 1. The van der Waals surface area contributed by atoms with Gasteiger partial charge in [0.1, 0.15) is 0 Å². The van der Waals surface area contributed by atoms with Crippen molar-refractivity contribution in [3.05, 3.63) is 35.4 Å². The lowest BCUT2D eigenvalue weighted by Crippen LogP contribution is -2.45. The fraction of sp³-hybridized carbons (Fsp3) is 0.632. The van der Waals surface area contributed by atoms with E-state index >= 15 is 0 Å². The van der Waals surface area contributed by atoms with Gasteiger partial charge in [-0.3, -0.25) is 4.79 Å². The second-order valence-electron chi connectivity index (χ2n) is 7.59. The first kappa shape index (κ1) is 19.3. The van der Waals surface area contributed by atoms with E-state index in [1.165, 1.54) is 11.1 Å². The van der Waals surface area contributed by atoms with Crippen LogP contribution in [0.2, 0.25) is 0 Å². The number of sulfonamides is 1. The second kappa shape index (κ2) is 7.29. The quantitative estimate of drug-likeness (QED) is 0.842. The Morgan fingerprint density at radius 2 is 1.92 bits per heavy atom. The second-order valence-corrected chi connectivity index (χ2v) is 9.85. The number of fused-ring (bicyclic) bond motifs is 2. The van der Waals surface area contributed by atoms with E-state index in [9.17, 15) is 13.2 Å². The van der Waals surface area contributed by atoms with E-state index in [0.29, 0.717) is 19.6 Å². The monoisotopic (exact) mass is 379 g/mol. The molecule has 0 saturated carbocycles. The number of carbonyl (C=O) groups is 1. The van der Waals surface area contributed by atoms with E-state index in [0.717, 1.165) is 19.3 Å². The highest BCUT2D eigenvalue weighted by Gasteiger charge is 2.46. The summed E-state index contributed by atoms with van der Waals surface area (Å²) in [4.78, 5) is 13.6. The molecule has 26 heavy (non-hydrogen) atoms. The van der Waals surface area contributed by atoms with Gasteiger partial charge in [0.15, 0.2) is 0 Å². The number of nitrogens with zero attached hydrogens (tertiary/aromatic N) is 2. The molecule has 1 spiro atoms. The molecule has 1 aromatic rings. The third-order valence-electron chi connectivity index (χ3n) is 5.94. The molecule has 0 bridgehead atoms. The van der Waals surface area contributed by atoms with E-state index in [1.54, 1.807) is 30.2 Å². The minimum absolute atomic E-state index is 0.00911. The summed E-state index contributed by atoms with van der Waals surface area (Å²) in [5.74, 6) is 0.222. The summed E-state index contributed by atoms with van der Waals surface area (Å²) in [6.07, 6.45) is 2.60. The number of carbonyl (C=O) groups excluding carboxylic acids is 1. The van der Waals surface area contributed by atoms with Crippen molar-refractivity contribution in [2.45, 2.75) is 37.6 Å². The van der Waals surface area contributed by atoms with Crippen LogP contribution in [0.1, 0.15) is 43.4 Å². The Hall–Kier alpha value is -1.44. The van der Waals surface area contributed by atoms with Gasteiger partial charge >= 0.3 is 0 Å². The Balaban J connectivity index is 1.77. The van der Waals surface area contributed by atoms with Crippen LogP contribution in [0.3, 0.4) is 0 Å². The molecule has 1 aliphatic heterocycles. The molecular weight excluding hydrogens is 350 g/mol. The lowest BCUT2D eigenvalue weighted by atomic mass is 9.74. The Morgan fingerprint density at radius 1 is 1.27 bits per heavy atom. The molecule has 1 amide bonds. The largest absolute Gasteiger partial charge is 0.348 e. The van der Waals surface area contributed by atoms with Gasteiger partial charge in [-0.1, -0.05) is 24.3 Å². The molecule has 0 aromatic heterocycles. The number of rotatable bonds is 5. The van der Waals surface area contributed by atoms with Crippen LogP contribution in [0.5, 0.6) is 0 Å². The van der Waals surface area contributed by atoms with Gasteiger partial charge in [-0.15, -0.1) is 0 Å². The van der Waals surface area contributed by atoms with E-state index < -0.39 is 10.0 Å². The van der Waals surface area contributed by atoms with E-state index in [2.05, 4.69) is 23.5 Å². The summed E-state index contributed by atoms with van der Waals surface area (Å²) in [5, 5.41) is 3.42. The summed E-state index contributed by atoms with van der Waals surface area (Å²) in [6, 6.07) is 8.55. The SMILES string of the molecule is CCS(=O)(=O)N1CCC2(CC1)CC(NCC(=O)N(C)C)c1ccccc12. The molecule has 144 valence electrons. The molecule has 1 heterocycles. The number of hydrogen-bond donors (Lipinski definition) is 1. The molecule has 1 aromatic carbocycles. The predicted octanol–water partition coefficient (Wildman–Crippen LogP) is 1.49. The average Bonchev–Trinajstić information content (AvgIpc) is 2.94. The topological polar surface area (TPSA) is 69.7 Å². The standard InChI is InChI=1S/C19H29N3O3S/c1-4-26(24,25)22-11-9-19(10-12-22)13-17(20-14-18(23)21(2)3)15-7-5-6-8-16(15)19/h5-8,17,20H,4,9-14H2,1-3H3. The highest BCUT2D eigenvalue weighted by Crippen LogP contribution is 2.50. The lowest BCUT2D eigenvalue weighted by molar-refractivity contribution is -0.127. The van der Waals surface area contributed by atoms with Gasteiger partial charge in [0.05, 0.1) is 12.3 Å². The highest BCUT2D eigenvalue weighted by atomic mass is 32.2. The Bertz CT molecular complexity index is 768. The normalized spacial score (nSPS) is 22.3. The summed E-state index contributed by atoms with van der Waals surface area (Å²) >= 11 is 0. The third-order valence-corrected chi connectivity index (χ3v) is 7.82. The van der Waals surface area contributed by atoms with Gasteiger partial charge in [0.25, 0.3) is 0 Å². The van der Waals surface area contributed by atoms with Gasteiger partial charge in [-0.05, 0) is 42.7 Å². The summed E-state index contributed by atoms with van der Waals surface area (Å²) in [7, 11) is 0.402. The van der Waals surface area contributed by atoms with Crippen molar-refractivity contribution in [2.24, 2.45) is 0 Å². The molecule has 7 heteroatoms. The maximum absolute atomic E-state index is 12.2. The fourth-order valence-electron chi connectivity index (χ4n) is 4.29. The molecule has 1 aliphatic carbocycles. The number of amides is 1. The number of likely N-dealkylation sites (N-methyl/N-ethyl adjacent to an activating group) is 1. The van der Waals surface area contributed by atoms with E-state index in [1.807, 2.05) is 6.07 Å². The van der Waals surface area contributed by atoms with Crippen LogP contribution in [0, 0.1) is 0 Å². The summed E-state index contributed by atoms with van der Waals surface area (Å²) < 4.78 is 26.0. The zero-order valence-electron chi connectivity index (χ0n) is 15.9. The molecule has 1 unspecified atom stereocenters. The first-order chi connectivity index (χ1) is 12.3. The molecule has 1 atom stereocenters. The smallest absolute Gasteiger partial charge is 0.236 e. The zero-order chi connectivity index (χ0) is 18.9. The maximum atomic E-state index is 12.2. The van der Waals surface area contributed by atoms with Crippen molar-refractivity contribution in [2.75, 3.05) is 39.5 Å². The first-order valence-electron chi connectivity index (χ1n) is 9.30. The molecular formula is C19H29N3O3S. The van der Waals surface area contributed by atoms with Crippen molar-refractivity contribution < 1.29 is 13.2 Å². The number of hydrogen-bond acceptors (Lipinski definition) is 4. The van der Waals surface area contributed by atoms with Crippen LogP contribution in [0.15, 0.2) is 24.3 Å². The van der Waals surface area contributed by atoms with Crippen LogP contribution in [0.25, 0.3) is 0 Å². The summed E-state index contributed by atoms with van der Waals surface area (Å²) in [6.45, 7) is 3.17. The van der Waals surface area contributed by atoms with Crippen molar-refractivity contribution in [3.63, 3.8) is 0 Å². The van der Waals surface area contributed by atoms with Crippen molar-refractivity contribution in [1.82, 2.24) is 14.5 Å². The van der Waals surface area contributed by atoms with Crippen LogP contribution in [-0.2, 0) is 20.2 Å². The molecule has 1 saturated heterocycles. The van der Waals surface area contributed by atoms with Crippen molar-refractivity contribution in [1.29, 1.82) is 0 Å². The van der Waals surface area contributed by atoms with Gasteiger partial charge in [0, 0.05) is 33.2 Å². The van der Waals surface area contributed by atoms with E-state index in [-0.39, 0.29) is 23.1 Å². The number of benzene rings is 1. The van der Waals surface area contributed by atoms with Crippen LogP contribution in [-0.4, -0.2) is 63.0 Å². The third kappa shape index (κ3) is 3.52. The molecule has 6 nitrogen and oxygen atoms in total. The Labute approximate surface area is 156 Å².